The van der Waals surface area contributed by atoms with E-state index in [-0.39, 0.29) is 23.3 Å². The summed E-state index contributed by atoms with van der Waals surface area (Å²) >= 11 is 0. The number of amides is 2. The first kappa shape index (κ1) is 19.8. The molecule has 4 bridgehead atoms. The van der Waals surface area contributed by atoms with Crippen molar-refractivity contribution in [2.24, 2.45) is 28.9 Å². The zero-order valence-electron chi connectivity index (χ0n) is 17.8. The van der Waals surface area contributed by atoms with E-state index in [4.69, 9.17) is 5.73 Å². The number of piperazine rings is 1. The summed E-state index contributed by atoms with van der Waals surface area (Å²) < 4.78 is 0. The molecule has 0 aromatic carbocycles. The molecule has 0 radical (unpaired) electrons. The van der Waals surface area contributed by atoms with Gasteiger partial charge in [-0.3, -0.25) is 14.5 Å². The smallest absolute Gasteiger partial charge is 0.234 e. The zero-order valence-corrected chi connectivity index (χ0v) is 17.8. The van der Waals surface area contributed by atoms with Gasteiger partial charge in [0.25, 0.3) is 0 Å². The van der Waals surface area contributed by atoms with Gasteiger partial charge in [-0.25, -0.2) is 4.98 Å². The van der Waals surface area contributed by atoms with Gasteiger partial charge in [-0.2, -0.15) is 0 Å². The van der Waals surface area contributed by atoms with Gasteiger partial charge in [0, 0.05) is 43.8 Å². The van der Waals surface area contributed by atoms with Crippen molar-refractivity contribution in [3.8, 4) is 0 Å². The van der Waals surface area contributed by atoms with Crippen LogP contribution in [0.5, 0.6) is 0 Å². The number of nitrogens with zero attached hydrogens (tertiary/aromatic N) is 3. The number of aryl methyl sites for hydroxylation is 1. The van der Waals surface area contributed by atoms with Crippen molar-refractivity contribution in [3.63, 3.8) is 0 Å². The molecule has 7 heteroatoms. The minimum atomic E-state index is -0.294. The molecule has 3 N–H and O–H groups in total. The number of rotatable bonds is 5. The number of carbonyl (C=O) groups is 2. The first-order valence-electron chi connectivity index (χ1n) is 11.4. The number of carbonyl (C=O) groups excluding carboxylic acids is 2. The van der Waals surface area contributed by atoms with Gasteiger partial charge < -0.3 is 16.0 Å². The number of nitrogens with two attached hydrogens (primary N) is 1. The lowest BCUT2D eigenvalue weighted by atomic mass is 9.47. The Hall–Kier alpha value is -2.15. The minimum Gasteiger partial charge on any atom is -0.369 e. The third-order valence-electron chi connectivity index (χ3n) is 8.08. The highest BCUT2D eigenvalue weighted by Crippen LogP contribution is 2.59. The first-order chi connectivity index (χ1) is 14.4. The summed E-state index contributed by atoms with van der Waals surface area (Å²) in [7, 11) is 0. The second kappa shape index (κ2) is 7.52. The van der Waals surface area contributed by atoms with Crippen LogP contribution in [-0.4, -0.2) is 60.5 Å². The van der Waals surface area contributed by atoms with Crippen molar-refractivity contribution < 1.29 is 9.59 Å². The van der Waals surface area contributed by atoms with Crippen LogP contribution in [0.25, 0.3) is 0 Å². The first-order valence-corrected chi connectivity index (χ1v) is 11.4. The zero-order chi connectivity index (χ0) is 20.9. The van der Waals surface area contributed by atoms with E-state index in [1.54, 1.807) is 0 Å². The molecule has 1 aromatic rings. The van der Waals surface area contributed by atoms with E-state index < -0.39 is 0 Å². The van der Waals surface area contributed by atoms with E-state index in [0.29, 0.717) is 24.3 Å². The fourth-order valence-electron chi connectivity index (χ4n) is 6.78. The van der Waals surface area contributed by atoms with E-state index in [1.165, 1.54) is 5.56 Å². The number of primary amides is 1. The molecule has 5 fully saturated rings. The minimum absolute atomic E-state index is 0.118. The fraction of sp³-hybridized carbons (Fsp3) is 0.696. The molecule has 5 aliphatic rings. The Kier molecular flexibility index (Phi) is 4.96. The van der Waals surface area contributed by atoms with Crippen molar-refractivity contribution >= 4 is 17.6 Å². The van der Waals surface area contributed by atoms with E-state index in [1.807, 2.05) is 13.1 Å². The highest BCUT2D eigenvalue weighted by atomic mass is 16.2. The number of pyridine rings is 1. The summed E-state index contributed by atoms with van der Waals surface area (Å²) in [6.07, 6.45) is 6.88. The molecule has 30 heavy (non-hydrogen) atoms. The second-order valence-electron chi connectivity index (χ2n) is 10.2. The maximum atomic E-state index is 12.8. The van der Waals surface area contributed by atoms with Gasteiger partial charge in [0.15, 0.2) is 0 Å². The van der Waals surface area contributed by atoms with Gasteiger partial charge in [0.2, 0.25) is 11.8 Å². The Bertz CT molecular complexity index is 801. The fourth-order valence-corrected chi connectivity index (χ4v) is 6.78. The summed E-state index contributed by atoms with van der Waals surface area (Å²) in [5, 5.41) is 3.36. The van der Waals surface area contributed by atoms with Crippen LogP contribution in [0.2, 0.25) is 0 Å². The molecule has 4 saturated carbocycles. The number of hydrogen-bond donors (Lipinski definition) is 2. The summed E-state index contributed by atoms with van der Waals surface area (Å²) in [6, 6.07) is 4.39. The molecular weight excluding hydrogens is 378 g/mol. The molecule has 162 valence electrons. The van der Waals surface area contributed by atoms with Crippen LogP contribution in [0.4, 0.5) is 5.82 Å². The summed E-state index contributed by atoms with van der Waals surface area (Å²) in [4.78, 5) is 34.0. The molecule has 7 nitrogen and oxygen atoms in total. The van der Waals surface area contributed by atoms with Gasteiger partial charge in [0.05, 0.1) is 6.54 Å². The van der Waals surface area contributed by atoms with Gasteiger partial charge in [-0.1, -0.05) is 6.07 Å². The average molecular weight is 412 g/mol. The third-order valence-corrected chi connectivity index (χ3v) is 8.08. The molecule has 0 spiro atoms. The van der Waals surface area contributed by atoms with E-state index in [2.05, 4.69) is 32.2 Å². The molecule has 2 atom stereocenters. The number of hydrogen-bond acceptors (Lipinski definition) is 5. The van der Waals surface area contributed by atoms with Gasteiger partial charge in [0.1, 0.15) is 5.82 Å². The van der Waals surface area contributed by atoms with Crippen LogP contribution < -0.4 is 16.0 Å². The van der Waals surface area contributed by atoms with Crippen LogP contribution >= 0.6 is 0 Å². The van der Waals surface area contributed by atoms with Gasteiger partial charge in [-0.15, -0.1) is 0 Å². The molecule has 2 heterocycles. The summed E-state index contributed by atoms with van der Waals surface area (Å²) in [5.41, 5.74) is 6.65. The van der Waals surface area contributed by atoms with E-state index in [9.17, 15) is 9.59 Å². The van der Waals surface area contributed by atoms with Gasteiger partial charge in [-0.05, 0) is 68.4 Å². The molecule has 1 aliphatic heterocycles. The van der Waals surface area contributed by atoms with E-state index >= 15 is 0 Å². The lowest BCUT2D eigenvalue weighted by Gasteiger charge is -2.58. The van der Waals surface area contributed by atoms with Crippen LogP contribution in [0.1, 0.15) is 37.7 Å². The maximum Gasteiger partial charge on any atom is 0.234 e. The predicted molar refractivity (Wildman–Crippen MR) is 115 cm³/mol. The average Bonchev–Trinajstić information content (AvgIpc) is 2.71. The number of nitrogens with one attached hydrogen (secondary N) is 1. The Morgan fingerprint density at radius 2 is 1.83 bits per heavy atom. The lowest BCUT2D eigenvalue weighted by Crippen LogP contribution is -2.62. The molecule has 1 aromatic heterocycles. The Labute approximate surface area is 178 Å². The predicted octanol–water partition coefficient (Wildman–Crippen LogP) is 1.31. The topological polar surface area (TPSA) is 91.6 Å². The van der Waals surface area contributed by atoms with Crippen LogP contribution in [0.3, 0.4) is 0 Å². The third kappa shape index (κ3) is 3.57. The van der Waals surface area contributed by atoms with Gasteiger partial charge >= 0.3 is 0 Å². The van der Waals surface area contributed by atoms with Crippen molar-refractivity contribution in [1.82, 2.24) is 15.2 Å². The quantitative estimate of drug-likeness (QED) is 0.762. The highest BCUT2D eigenvalue weighted by Gasteiger charge is 2.58. The van der Waals surface area contributed by atoms with Crippen LogP contribution in [0.15, 0.2) is 18.3 Å². The van der Waals surface area contributed by atoms with Crippen molar-refractivity contribution in [2.75, 3.05) is 37.6 Å². The molecule has 4 aliphatic carbocycles. The second-order valence-corrected chi connectivity index (χ2v) is 10.2. The SMILES string of the molecule is Cc1ccc(N2CCN(CC(=O)NC3C4CC5CC3CC(C(N)=O)(C5)C4)CC2)nc1. The summed E-state index contributed by atoms with van der Waals surface area (Å²) in [5.74, 6) is 2.47. The number of aromatic nitrogens is 1. The lowest BCUT2D eigenvalue weighted by molar-refractivity contribution is -0.147. The standard InChI is InChI=1S/C23H33N5O2/c1-15-2-3-19(25-13-15)28-6-4-27(5-7-28)14-20(29)26-21-17-8-16-9-18(21)12-23(10-16,11-17)22(24)30/h2-3,13,16-18,21H,4-12,14H2,1H3,(H2,24,30)(H,26,29). The van der Waals surface area contributed by atoms with E-state index in [0.717, 1.165) is 64.1 Å². The molecule has 2 amide bonds. The normalized spacial score (nSPS) is 35.4. The molecule has 2 unspecified atom stereocenters. The monoisotopic (exact) mass is 411 g/mol. The van der Waals surface area contributed by atoms with Crippen molar-refractivity contribution in [1.29, 1.82) is 0 Å². The molecule has 6 rings (SSSR count). The molecule has 1 saturated heterocycles. The Balaban J connectivity index is 1.13. The van der Waals surface area contributed by atoms with Crippen molar-refractivity contribution in [3.05, 3.63) is 23.9 Å². The number of anilines is 1. The maximum absolute atomic E-state index is 12.8. The Morgan fingerprint density at radius 1 is 1.13 bits per heavy atom. The van der Waals surface area contributed by atoms with Crippen LogP contribution in [0, 0.1) is 30.1 Å². The van der Waals surface area contributed by atoms with Crippen LogP contribution in [-0.2, 0) is 9.59 Å². The highest BCUT2D eigenvalue weighted by molar-refractivity contribution is 5.82. The largest absolute Gasteiger partial charge is 0.369 e. The van der Waals surface area contributed by atoms with Crippen molar-refractivity contribution in [2.45, 2.75) is 45.1 Å². The molecular formula is C23H33N5O2. The Morgan fingerprint density at radius 3 is 2.43 bits per heavy atom. The summed E-state index contributed by atoms with van der Waals surface area (Å²) in [6.45, 7) is 6.02.